The predicted octanol–water partition coefficient (Wildman–Crippen LogP) is 9.35. The molecule has 0 aliphatic heterocycles. The van der Waals surface area contributed by atoms with Gasteiger partial charge in [0.25, 0.3) is 0 Å². The smallest absolute Gasteiger partial charge is 0.317 e. The number of carbonyl (C=O) groups is 2. The topological polar surface area (TPSA) is 118 Å². The summed E-state index contributed by atoms with van der Waals surface area (Å²) in [5, 5.41) is 13.7. The number of carboxylic acid groups (broad SMARTS) is 1. The highest BCUT2D eigenvalue weighted by molar-refractivity contribution is 9.10. The molecule has 228 valence electrons. The van der Waals surface area contributed by atoms with Crippen molar-refractivity contribution in [3.8, 4) is 0 Å². The third kappa shape index (κ3) is 13.5. The fourth-order valence-corrected chi connectivity index (χ4v) is 5.12. The van der Waals surface area contributed by atoms with Crippen LogP contribution in [0.25, 0.3) is 0 Å². The van der Waals surface area contributed by atoms with Gasteiger partial charge in [0.1, 0.15) is 4.83 Å². The molecule has 0 spiro atoms. The van der Waals surface area contributed by atoms with E-state index in [0.717, 1.165) is 50.2 Å². The Morgan fingerprint density at radius 1 is 0.881 bits per heavy atom. The van der Waals surface area contributed by atoms with Crippen LogP contribution in [0.3, 0.4) is 0 Å². The highest BCUT2D eigenvalue weighted by atomic mass is 79.9. The van der Waals surface area contributed by atoms with Crippen LogP contribution in [0, 0.1) is 0 Å². The molecule has 0 aliphatic rings. The average molecular weight is 781 g/mol. The second-order valence-electron chi connectivity index (χ2n) is 8.41. The van der Waals surface area contributed by atoms with Crippen molar-refractivity contribution in [3.05, 3.63) is 91.9 Å². The largest absolute Gasteiger partial charge is 0.480 e. The summed E-state index contributed by atoms with van der Waals surface area (Å²) in [6.07, 6.45) is 6.47. The molecule has 0 bridgehead atoms. The highest BCUT2D eigenvalue weighted by Gasteiger charge is 2.14. The molecule has 0 radical (unpaired) electrons. The number of nitrogens with one attached hydrogen (secondary N) is 1. The number of amides is 1. The summed E-state index contributed by atoms with van der Waals surface area (Å²) in [6, 6.07) is 15.5. The van der Waals surface area contributed by atoms with Gasteiger partial charge in [-0.2, -0.15) is 0 Å². The Morgan fingerprint density at radius 2 is 1.36 bits per heavy atom. The molecule has 4 rings (SSSR count). The van der Waals surface area contributed by atoms with Gasteiger partial charge in [-0.1, -0.05) is 113 Å². The van der Waals surface area contributed by atoms with Crippen LogP contribution >= 0.6 is 77.7 Å². The molecule has 13 heteroatoms. The molecule has 2 atom stereocenters. The second-order valence-corrected chi connectivity index (χ2v) is 13.7. The van der Waals surface area contributed by atoms with Gasteiger partial charge in [-0.3, -0.25) is 9.59 Å². The fraction of sp³-hybridized carbons (Fsp3) is 0.310. The third-order valence-electron chi connectivity index (χ3n) is 5.27. The molecule has 2 unspecified atom stereocenters. The van der Waals surface area contributed by atoms with Crippen LogP contribution in [0.15, 0.2) is 60.9 Å². The number of benzene rings is 2. The molecule has 1 amide bonds. The van der Waals surface area contributed by atoms with Gasteiger partial charge in [0.15, 0.2) is 10.3 Å². The van der Waals surface area contributed by atoms with Crippen molar-refractivity contribution < 1.29 is 14.7 Å². The summed E-state index contributed by atoms with van der Waals surface area (Å²) in [6.45, 7) is 3.76. The molecule has 42 heavy (non-hydrogen) atoms. The number of hydrogen-bond donors (Lipinski definition) is 3. The number of aromatic nitrogens is 2. The zero-order valence-corrected chi connectivity index (χ0v) is 28.6. The third-order valence-corrected chi connectivity index (χ3v) is 9.85. The molecule has 2 aromatic carbocycles. The lowest BCUT2D eigenvalue weighted by molar-refractivity contribution is -0.136. The lowest BCUT2D eigenvalue weighted by Gasteiger charge is -2.05. The Bertz CT molecular complexity index is 1400. The molecule has 7 nitrogen and oxygen atoms in total. The van der Waals surface area contributed by atoms with Crippen LogP contribution in [0.4, 0.5) is 10.3 Å². The Labute approximate surface area is 282 Å². The highest BCUT2D eigenvalue weighted by Crippen LogP contribution is 2.25. The van der Waals surface area contributed by atoms with E-state index in [1.165, 1.54) is 22.7 Å². The Balaban J connectivity index is 0.000000349. The normalized spacial score (nSPS) is 11.5. The minimum atomic E-state index is -0.789. The number of thiazole rings is 2. The van der Waals surface area contributed by atoms with Crippen LogP contribution in [-0.2, 0) is 22.4 Å². The molecular formula is C29H34Br2Cl2N4O3S2. The average Bonchev–Trinajstić information content (AvgIpc) is 3.58. The number of aliphatic carboxylic acids is 1. The van der Waals surface area contributed by atoms with E-state index in [1.807, 2.05) is 62.4 Å². The van der Waals surface area contributed by atoms with Crippen LogP contribution in [0.1, 0.15) is 55.0 Å². The van der Waals surface area contributed by atoms with Crippen molar-refractivity contribution in [2.24, 2.45) is 0 Å². The number of carboxylic acids is 1. The van der Waals surface area contributed by atoms with Gasteiger partial charge < -0.3 is 16.2 Å². The first-order valence-electron chi connectivity index (χ1n) is 12.5. The maximum absolute atomic E-state index is 11.8. The zero-order chi connectivity index (χ0) is 30.4. The minimum Gasteiger partial charge on any atom is -0.480 e. The first kappa shape index (κ1) is 38.0. The number of carbonyl (C=O) groups excluding carboxylic acids is 1. The van der Waals surface area contributed by atoms with E-state index in [-0.39, 0.29) is 23.0 Å². The first-order chi connectivity index (χ1) is 19.5. The standard InChI is InChI=1S/C14H14BrClN2OS.C10H9ClN2S.C4H7BrO2.CH4/c1-2-11(15)13(19)18-14-17-8-10(20-14)7-9-5-3-4-6-12(9)16;11-9-4-2-1-3-7(9)5-8-6-13-10(12)14-8;1-2-3(5)4(6)7;/h3-6,8,11H,2,7H2,1H3,(H,17,18,19);1-4,6H,5H2,(H2,12,13);3H,2H2,1H3,(H,6,7);1H4. The van der Waals surface area contributed by atoms with E-state index in [0.29, 0.717) is 16.7 Å². The van der Waals surface area contributed by atoms with E-state index >= 15 is 0 Å². The Hall–Kier alpha value is -2.02. The summed E-state index contributed by atoms with van der Waals surface area (Å²) >= 11 is 21.4. The maximum Gasteiger partial charge on any atom is 0.317 e. The molecular weight excluding hydrogens is 747 g/mol. The lowest BCUT2D eigenvalue weighted by Crippen LogP contribution is -2.21. The van der Waals surface area contributed by atoms with Crippen LogP contribution in [-0.4, -0.2) is 36.6 Å². The number of halogens is 4. The van der Waals surface area contributed by atoms with Crippen molar-refractivity contribution in [3.63, 3.8) is 0 Å². The zero-order valence-electron chi connectivity index (χ0n) is 22.3. The molecule has 4 aromatic rings. The molecule has 0 saturated carbocycles. The number of nitrogens with two attached hydrogens (primary N) is 1. The van der Waals surface area contributed by atoms with Gasteiger partial charge in [-0.15, -0.1) is 22.7 Å². The van der Waals surface area contributed by atoms with Crippen molar-refractivity contribution in [1.29, 1.82) is 0 Å². The summed E-state index contributed by atoms with van der Waals surface area (Å²) in [5.74, 6) is -0.853. The van der Waals surface area contributed by atoms with Gasteiger partial charge in [0.2, 0.25) is 5.91 Å². The second kappa shape index (κ2) is 20.0. The summed E-state index contributed by atoms with van der Waals surface area (Å²) in [4.78, 5) is 31.5. The predicted molar refractivity (Wildman–Crippen MR) is 186 cm³/mol. The van der Waals surface area contributed by atoms with E-state index in [4.69, 9.17) is 34.0 Å². The molecule has 0 saturated heterocycles. The number of alkyl halides is 2. The molecule has 0 aliphatic carbocycles. The number of anilines is 2. The summed E-state index contributed by atoms with van der Waals surface area (Å²) in [5.41, 5.74) is 7.71. The van der Waals surface area contributed by atoms with Crippen LogP contribution in [0.2, 0.25) is 10.0 Å². The number of hydrogen-bond acceptors (Lipinski definition) is 7. The van der Waals surface area contributed by atoms with Gasteiger partial charge in [-0.25, -0.2) is 9.97 Å². The van der Waals surface area contributed by atoms with E-state index in [1.54, 1.807) is 12.4 Å². The van der Waals surface area contributed by atoms with Crippen molar-refractivity contribution in [1.82, 2.24) is 9.97 Å². The Morgan fingerprint density at radius 3 is 1.76 bits per heavy atom. The molecule has 4 N–H and O–H groups in total. The van der Waals surface area contributed by atoms with E-state index in [2.05, 4.69) is 47.1 Å². The first-order valence-corrected chi connectivity index (χ1v) is 16.7. The summed E-state index contributed by atoms with van der Waals surface area (Å²) < 4.78 is 0. The SMILES string of the molecule is C.CCC(Br)C(=O)Nc1ncc(Cc2ccccc2Cl)s1.CCC(Br)C(=O)O.Nc1ncc(Cc2ccccc2Cl)s1. The Kier molecular flexibility index (Phi) is 18.1. The van der Waals surface area contributed by atoms with Gasteiger partial charge in [-0.05, 0) is 36.1 Å². The van der Waals surface area contributed by atoms with Crippen LogP contribution < -0.4 is 11.1 Å². The fourth-order valence-electron chi connectivity index (χ4n) is 3.05. The van der Waals surface area contributed by atoms with Crippen molar-refractivity contribution in [2.75, 3.05) is 11.1 Å². The number of nitrogens with zero attached hydrogens (tertiary/aromatic N) is 2. The quantitative estimate of drug-likeness (QED) is 0.146. The van der Waals surface area contributed by atoms with Gasteiger partial charge in [0.05, 0.1) is 4.83 Å². The van der Waals surface area contributed by atoms with E-state index in [9.17, 15) is 9.59 Å². The number of nitrogen functional groups attached to an aromatic ring is 1. The lowest BCUT2D eigenvalue weighted by atomic mass is 10.1. The van der Waals surface area contributed by atoms with Crippen LogP contribution in [0.5, 0.6) is 0 Å². The van der Waals surface area contributed by atoms with E-state index < -0.39 is 5.97 Å². The molecule has 0 fully saturated rings. The maximum atomic E-state index is 11.8. The summed E-state index contributed by atoms with van der Waals surface area (Å²) in [7, 11) is 0. The van der Waals surface area contributed by atoms with Crippen molar-refractivity contribution >= 4 is 99.9 Å². The number of rotatable bonds is 9. The monoisotopic (exact) mass is 778 g/mol. The van der Waals surface area contributed by atoms with Gasteiger partial charge >= 0.3 is 5.97 Å². The van der Waals surface area contributed by atoms with Crippen molar-refractivity contribution in [2.45, 2.75) is 56.6 Å². The molecule has 2 heterocycles. The minimum absolute atomic E-state index is 0. The van der Waals surface area contributed by atoms with Gasteiger partial charge in [0, 0.05) is 45.0 Å². The molecule has 2 aromatic heterocycles.